The van der Waals surface area contributed by atoms with Crippen LogP contribution in [0.1, 0.15) is 10.4 Å². The van der Waals surface area contributed by atoms with Crippen molar-refractivity contribution in [2.24, 2.45) is 0 Å². The number of methoxy groups -OCH3 is 2. The molecule has 2 aromatic rings. The minimum absolute atomic E-state index is 0.105. The number of nitrogens with zero attached hydrogens (tertiary/aromatic N) is 1. The number of rotatable bonds is 5. The van der Waals surface area contributed by atoms with Crippen LogP contribution in [0.4, 0.5) is 5.13 Å². The predicted molar refractivity (Wildman–Crippen MR) is 78.7 cm³/mol. The number of anilines is 1. The SMILES string of the molecule is COc1ccc(CC(=O)Nc2ncc(C)s2)cc1OC. The molecule has 0 atom stereocenters. The van der Waals surface area contributed by atoms with E-state index in [1.807, 2.05) is 13.0 Å². The third kappa shape index (κ3) is 3.48. The Morgan fingerprint density at radius 1 is 1.30 bits per heavy atom. The van der Waals surface area contributed by atoms with Crippen LogP contribution in [-0.4, -0.2) is 25.1 Å². The van der Waals surface area contributed by atoms with Crippen LogP contribution in [0.5, 0.6) is 11.5 Å². The van der Waals surface area contributed by atoms with E-state index in [2.05, 4.69) is 10.3 Å². The number of nitrogens with one attached hydrogen (secondary N) is 1. The number of ether oxygens (including phenoxy) is 2. The van der Waals surface area contributed by atoms with Crippen LogP contribution in [0.3, 0.4) is 0 Å². The molecule has 106 valence electrons. The monoisotopic (exact) mass is 292 g/mol. The number of benzene rings is 1. The molecule has 1 N–H and O–H groups in total. The number of aromatic nitrogens is 1. The van der Waals surface area contributed by atoms with E-state index in [-0.39, 0.29) is 12.3 Å². The molecule has 0 saturated heterocycles. The third-order valence-corrected chi connectivity index (χ3v) is 3.51. The van der Waals surface area contributed by atoms with E-state index in [0.717, 1.165) is 10.4 Å². The quantitative estimate of drug-likeness (QED) is 0.920. The van der Waals surface area contributed by atoms with Crippen molar-refractivity contribution in [3.05, 3.63) is 34.8 Å². The van der Waals surface area contributed by atoms with Crippen molar-refractivity contribution in [1.82, 2.24) is 4.98 Å². The third-order valence-electron chi connectivity index (χ3n) is 2.68. The molecule has 2 rings (SSSR count). The second-order valence-corrected chi connectivity index (χ2v) is 5.43. The first-order valence-electron chi connectivity index (χ1n) is 6.05. The molecule has 0 saturated carbocycles. The van der Waals surface area contributed by atoms with Crippen molar-refractivity contribution < 1.29 is 14.3 Å². The van der Waals surface area contributed by atoms with Gasteiger partial charge < -0.3 is 14.8 Å². The molecule has 1 aromatic carbocycles. The number of hydrogen-bond donors (Lipinski definition) is 1. The molecule has 1 heterocycles. The van der Waals surface area contributed by atoms with E-state index in [9.17, 15) is 4.79 Å². The molecular formula is C14H16N2O3S. The van der Waals surface area contributed by atoms with E-state index < -0.39 is 0 Å². The first kappa shape index (κ1) is 14.3. The maximum atomic E-state index is 11.9. The zero-order valence-electron chi connectivity index (χ0n) is 11.6. The van der Waals surface area contributed by atoms with E-state index in [1.165, 1.54) is 11.3 Å². The van der Waals surface area contributed by atoms with Crippen molar-refractivity contribution in [2.45, 2.75) is 13.3 Å². The smallest absolute Gasteiger partial charge is 0.230 e. The number of aryl methyl sites for hydroxylation is 1. The van der Waals surface area contributed by atoms with Crippen molar-refractivity contribution in [3.63, 3.8) is 0 Å². The standard InChI is InChI=1S/C14H16N2O3S/c1-9-8-15-14(20-9)16-13(17)7-10-4-5-11(18-2)12(6-10)19-3/h4-6,8H,7H2,1-3H3,(H,15,16,17). The topological polar surface area (TPSA) is 60.5 Å². The van der Waals surface area contributed by atoms with Gasteiger partial charge in [0.25, 0.3) is 0 Å². The molecule has 0 bridgehead atoms. The molecule has 1 amide bonds. The number of carbonyl (C=O) groups excluding carboxylic acids is 1. The van der Waals surface area contributed by atoms with Gasteiger partial charge in [-0.1, -0.05) is 6.07 Å². The number of thiazole rings is 1. The Morgan fingerprint density at radius 2 is 2.05 bits per heavy atom. The van der Waals surface area contributed by atoms with E-state index in [0.29, 0.717) is 16.6 Å². The Bertz CT molecular complexity index is 610. The minimum Gasteiger partial charge on any atom is -0.493 e. The average molecular weight is 292 g/mol. The van der Waals surface area contributed by atoms with Crippen LogP contribution in [0.25, 0.3) is 0 Å². The largest absolute Gasteiger partial charge is 0.493 e. The Balaban J connectivity index is 2.04. The van der Waals surface area contributed by atoms with Gasteiger partial charge in [0.1, 0.15) is 0 Å². The Hall–Kier alpha value is -2.08. The zero-order valence-corrected chi connectivity index (χ0v) is 12.4. The van der Waals surface area contributed by atoms with Gasteiger partial charge in [0.15, 0.2) is 16.6 Å². The number of amides is 1. The second kappa shape index (κ2) is 6.38. The summed E-state index contributed by atoms with van der Waals surface area (Å²) >= 11 is 1.45. The first-order valence-corrected chi connectivity index (χ1v) is 6.87. The normalized spacial score (nSPS) is 10.2. The van der Waals surface area contributed by atoms with E-state index >= 15 is 0 Å². The summed E-state index contributed by atoms with van der Waals surface area (Å²) < 4.78 is 10.4. The summed E-state index contributed by atoms with van der Waals surface area (Å²) in [5.74, 6) is 1.15. The highest BCUT2D eigenvalue weighted by Crippen LogP contribution is 2.27. The molecule has 0 radical (unpaired) electrons. The summed E-state index contributed by atoms with van der Waals surface area (Å²) in [7, 11) is 3.15. The van der Waals surface area contributed by atoms with Crippen LogP contribution >= 0.6 is 11.3 Å². The van der Waals surface area contributed by atoms with Crippen molar-refractivity contribution >= 4 is 22.4 Å². The van der Waals surface area contributed by atoms with Gasteiger partial charge >= 0.3 is 0 Å². The van der Waals surface area contributed by atoms with Gasteiger partial charge in [-0.25, -0.2) is 4.98 Å². The molecule has 0 aliphatic heterocycles. The van der Waals surface area contributed by atoms with Gasteiger partial charge in [0.05, 0.1) is 20.6 Å². The minimum atomic E-state index is -0.105. The number of hydrogen-bond acceptors (Lipinski definition) is 5. The first-order chi connectivity index (χ1) is 9.62. The van der Waals surface area contributed by atoms with Gasteiger partial charge in [-0.3, -0.25) is 4.79 Å². The molecule has 0 aliphatic rings. The van der Waals surface area contributed by atoms with Gasteiger partial charge in [-0.15, -0.1) is 11.3 Å². The molecular weight excluding hydrogens is 276 g/mol. The van der Waals surface area contributed by atoms with Crippen LogP contribution in [-0.2, 0) is 11.2 Å². The lowest BCUT2D eigenvalue weighted by Gasteiger charge is -2.09. The van der Waals surface area contributed by atoms with Crippen LogP contribution < -0.4 is 14.8 Å². The molecule has 6 heteroatoms. The predicted octanol–water partition coefficient (Wildman–Crippen LogP) is 2.65. The maximum Gasteiger partial charge on any atom is 0.230 e. The van der Waals surface area contributed by atoms with Gasteiger partial charge in [-0.05, 0) is 24.6 Å². The molecule has 0 spiro atoms. The highest BCUT2D eigenvalue weighted by atomic mass is 32.1. The fourth-order valence-electron chi connectivity index (χ4n) is 1.75. The van der Waals surface area contributed by atoms with E-state index in [1.54, 1.807) is 32.5 Å². The van der Waals surface area contributed by atoms with Crippen molar-refractivity contribution in [3.8, 4) is 11.5 Å². The number of carbonyl (C=O) groups is 1. The van der Waals surface area contributed by atoms with Gasteiger partial charge in [-0.2, -0.15) is 0 Å². The summed E-state index contributed by atoms with van der Waals surface area (Å²) in [4.78, 5) is 17.1. The summed E-state index contributed by atoms with van der Waals surface area (Å²) in [5, 5.41) is 3.39. The lowest BCUT2D eigenvalue weighted by molar-refractivity contribution is -0.115. The fourth-order valence-corrected chi connectivity index (χ4v) is 2.43. The second-order valence-electron chi connectivity index (χ2n) is 4.19. The Kier molecular flexibility index (Phi) is 4.57. The van der Waals surface area contributed by atoms with Gasteiger partial charge in [0.2, 0.25) is 5.91 Å². The molecule has 20 heavy (non-hydrogen) atoms. The zero-order chi connectivity index (χ0) is 14.5. The van der Waals surface area contributed by atoms with Gasteiger partial charge in [0, 0.05) is 11.1 Å². The summed E-state index contributed by atoms with van der Waals surface area (Å²) in [6, 6.07) is 5.43. The highest BCUT2D eigenvalue weighted by Gasteiger charge is 2.09. The lowest BCUT2D eigenvalue weighted by atomic mass is 10.1. The van der Waals surface area contributed by atoms with Crippen molar-refractivity contribution in [1.29, 1.82) is 0 Å². The molecule has 5 nitrogen and oxygen atoms in total. The van der Waals surface area contributed by atoms with Crippen LogP contribution in [0.15, 0.2) is 24.4 Å². The van der Waals surface area contributed by atoms with Crippen LogP contribution in [0, 0.1) is 6.92 Å². The molecule has 0 unspecified atom stereocenters. The summed E-state index contributed by atoms with van der Waals surface area (Å²) in [6.45, 7) is 1.95. The Labute approximate surface area is 121 Å². The molecule has 1 aromatic heterocycles. The van der Waals surface area contributed by atoms with Crippen molar-refractivity contribution in [2.75, 3.05) is 19.5 Å². The highest BCUT2D eigenvalue weighted by molar-refractivity contribution is 7.15. The van der Waals surface area contributed by atoms with E-state index in [4.69, 9.17) is 9.47 Å². The summed E-state index contributed by atoms with van der Waals surface area (Å²) in [6.07, 6.45) is 2.00. The fraction of sp³-hybridized carbons (Fsp3) is 0.286. The van der Waals surface area contributed by atoms with Crippen LogP contribution in [0.2, 0.25) is 0 Å². The lowest BCUT2D eigenvalue weighted by Crippen LogP contribution is -2.14. The molecule has 0 aliphatic carbocycles. The maximum absolute atomic E-state index is 11.9. The summed E-state index contributed by atoms with van der Waals surface area (Å²) in [5.41, 5.74) is 0.855. The average Bonchev–Trinajstić information content (AvgIpc) is 2.83. The Morgan fingerprint density at radius 3 is 2.65 bits per heavy atom. The molecule has 0 fully saturated rings.